The van der Waals surface area contributed by atoms with Gasteiger partial charge in [-0.2, -0.15) is 0 Å². The number of rotatable bonds is 4. The number of para-hydroxylation sites is 1. The summed E-state index contributed by atoms with van der Waals surface area (Å²) >= 11 is 0. The fraction of sp³-hybridized carbons (Fsp3) is 0.214. The molecule has 0 aliphatic rings. The van der Waals surface area contributed by atoms with Crippen molar-refractivity contribution >= 4 is 17.5 Å². The van der Waals surface area contributed by atoms with E-state index in [1.807, 2.05) is 0 Å². The Morgan fingerprint density at radius 3 is 2.48 bits per heavy atom. The Kier molecular flexibility index (Phi) is 4.22. The second kappa shape index (κ2) is 6.08. The van der Waals surface area contributed by atoms with E-state index in [1.165, 1.54) is 6.07 Å². The fourth-order valence-electron chi connectivity index (χ4n) is 1.96. The van der Waals surface area contributed by atoms with Gasteiger partial charge in [-0.25, -0.2) is 9.97 Å². The topological polar surface area (TPSA) is 98.0 Å². The number of aromatic nitrogens is 2. The monoisotopic (exact) mass is 286 g/mol. The molecule has 1 N–H and O–H groups in total. The van der Waals surface area contributed by atoms with Gasteiger partial charge in [0, 0.05) is 23.0 Å². The minimum Gasteiger partial charge on any atom is -0.294 e. The molecule has 0 spiro atoms. The Morgan fingerprint density at radius 2 is 1.86 bits per heavy atom. The summed E-state index contributed by atoms with van der Waals surface area (Å²) in [6.45, 7) is 3.60. The maximum Gasteiger partial charge on any atom is 0.273 e. The maximum atomic E-state index is 12.0. The molecule has 0 radical (unpaired) electrons. The minimum atomic E-state index is -0.504. The van der Waals surface area contributed by atoms with Gasteiger partial charge < -0.3 is 0 Å². The van der Waals surface area contributed by atoms with Crippen LogP contribution in [0.4, 0.5) is 11.6 Å². The molecule has 1 aromatic heterocycles. The molecule has 21 heavy (non-hydrogen) atoms. The average molecular weight is 286 g/mol. The van der Waals surface area contributed by atoms with Crippen molar-refractivity contribution in [2.24, 2.45) is 0 Å². The van der Waals surface area contributed by atoms with E-state index < -0.39 is 10.8 Å². The van der Waals surface area contributed by atoms with Gasteiger partial charge in [0.1, 0.15) is 0 Å². The Morgan fingerprint density at radius 1 is 1.24 bits per heavy atom. The zero-order valence-corrected chi connectivity index (χ0v) is 11.7. The first-order valence-electron chi connectivity index (χ1n) is 6.30. The summed E-state index contributed by atoms with van der Waals surface area (Å²) < 4.78 is 0. The van der Waals surface area contributed by atoms with Gasteiger partial charge in [-0.15, -0.1) is 0 Å². The Balaban J connectivity index is 2.14. The van der Waals surface area contributed by atoms with Crippen molar-refractivity contribution in [2.45, 2.75) is 20.3 Å². The number of nitro benzene ring substituents is 1. The van der Waals surface area contributed by atoms with E-state index in [0.717, 1.165) is 11.4 Å². The third-order valence-corrected chi connectivity index (χ3v) is 2.77. The lowest BCUT2D eigenvalue weighted by Gasteiger charge is -2.06. The third kappa shape index (κ3) is 3.82. The number of carbonyl (C=O) groups is 1. The molecule has 0 fully saturated rings. The van der Waals surface area contributed by atoms with Gasteiger partial charge in [0.15, 0.2) is 0 Å². The molecule has 108 valence electrons. The standard InChI is InChI=1S/C14H14N4O3/c1-9-7-10(2)16-14(15-9)17-13(19)8-11-5-3-4-6-12(11)18(20)21/h3-7H,8H2,1-2H3,(H,15,16,17,19). The van der Waals surface area contributed by atoms with E-state index in [9.17, 15) is 14.9 Å². The molecule has 1 heterocycles. The lowest BCUT2D eigenvalue weighted by molar-refractivity contribution is -0.385. The van der Waals surface area contributed by atoms with Crippen molar-refractivity contribution in [1.29, 1.82) is 0 Å². The molecule has 0 bridgehead atoms. The normalized spacial score (nSPS) is 10.2. The van der Waals surface area contributed by atoms with Crippen molar-refractivity contribution in [1.82, 2.24) is 9.97 Å². The summed E-state index contributed by atoms with van der Waals surface area (Å²) in [5, 5.41) is 13.5. The van der Waals surface area contributed by atoms with Gasteiger partial charge in [-0.3, -0.25) is 20.2 Å². The quantitative estimate of drug-likeness (QED) is 0.686. The predicted octanol–water partition coefficient (Wildman–Crippen LogP) is 2.18. The Hall–Kier alpha value is -2.83. The number of nitro groups is 1. The summed E-state index contributed by atoms with van der Waals surface area (Å²) in [4.78, 5) is 30.6. The van der Waals surface area contributed by atoms with Crippen LogP contribution in [-0.4, -0.2) is 20.8 Å². The van der Waals surface area contributed by atoms with Crippen LogP contribution in [0.15, 0.2) is 30.3 Å². The number of hydrogen-bond acceptors (Lipinski definition) is 5. The van der Waals surface area contributed by atoms with E-state index in [0.29, 0.717) is 5.56 Å². The van der Waals surface area contributed by atoms with Crippen LogP contribution in [0.2, 0.25) is 0 Å². The van der Waals surface area contributed by atoms with E-state index in [2.05, 4.69) is 15.3 Å². The van der Waals surface area contributed by atoms with Crippen LogP contribution in [0.1, 0.15) is 17.0 Å². The van der Waals surface area contributed by atoms with Gasteiger partial charge >= 0.3 is 0 Å². The number of benzene rings is 1. The van der Waals surface area contributed by atoms with Crippen LogP contribution >= 0.6 is 0 Å². The smallest absolute Gasteiger partial charge is 0.273 e. The predicted molar refractivity (Wildman–Crippen MR) is 76.9 cm³/mol. The Labute approximate surface area is 121 Å². The number of nitrogens with one attached hydrogen (secondary N) is 1. The lowest BCUT2D eigenvalue weighted by atomic mass is 10.1. The highest BCUT2D eigenvalue weighted by Gasteiger charge is 2.16. The summed E-state index contributed by atoms with van der Waals surface area (Å²) in [6, 6.07) is 7.93. The summed E-state index contributed by atoms with van der Waals surface area (Å²) in [5.74, 6) is -0.189. The number of hydrogen-bond donors (Lipinski definition) is 1. The zero-order valence-electron chi connectivity index (χ0n) is 11.7. The highest BCUT2D eigenvalue weighted by atomic mass is 16.6. The second-order valence-electron chi connectivity index (χ2n) is 4.59. The summed E-state index contributed by atoms with van der Waals surface area (Å²) in [5.41, 5.74) is 1.75. The first-order valence-corrected chi connectivity index (χ1v) is 6.30. The van der Waals surface area contributed by atoms with Crippen molar-refractivity contribution in [2.75, 3.05) is 5.32 Å². The second-order valence-corrected chi connectivity index (χ2v) is 4.59. The SMILES string of the molecule is Cc1cc(C)nc(NC(=O)Cc2ccccc2[N+](=O)[O-])n1. The first kappa shape index (κ1) is 14.6. The molecule has 0 atom stereocenters. The van der Waals surface area contributed by atoms with Crippen LogP contribution in [0.5, 0.6) is 0 Å². The molecule has 2 aromatic rings. The molecule has 7 heteroatoms. The molecule has 7 nitrogen and oxygen atoms in total. The fourth-order valence-corrected chi connectivity index (χ4v) is 1.96. The van der Waals surface area contributed by atoms with Crippen molar-refractivity contribution < 1.29 is 9.72 Å². The van der Waals surface area contributed by atoms with Crippen LogP contribution in [-0.2, 0) is 11.2 Å². The van der Waals surface area contributed by atoms with Gasteiger partial charge in [-0.1, -0.05) is 18.2 Å². The Bertz CT molecular complexity index is 680. The van der Waals surface area contributed by atoms with E-state index in [4.69, 9.17) is 0 Å². The number of aryl methyl sites for hydroxylation is 2. The average Bonchev–Trinajstić information content (AvgIpc) is 2.37. The highest BCUT2D eigenvalue weighted by molar-refractivity contribution is 5.91. The molecule has 2 rings (SSSR count). The number of carbonyl (C=O) groups excluding carboxylic acids is 1. The van der Waals surface area contributed by atoms with Crippen LogP contribution < -0.4 is 5.32 Å². The minimum absolute atomic E-state index is 0.0750. The maximum absolute atomic E-state index is 12.0. The molecular weight excluding hydrogens is 272 g/mol. The van der Waals surface area contributed by atoms with Crippen LogP contribution in [0.25, 0.3) is 0 Å². The van der Waals surface area contributed by atoms with Crippen molar-refractivity contribution in [3.05, 3.63) is 57.4 Å². The molecule has 0 aliphatic heterocycles. The number of nitrogens with zero attached hydrogens (tertiary/aromatic N) is 3. The van der Waals surface area contributed by atoms with Gasteiger partial charge in [0.25, 0.3) is 5.69 Å². The number of amides is 1. The summed E-state index contributed by atoms with van der Waals surface area (Å²) in [7, 11) is 0. The third-order valence-electron chi connectivity index (χ3n) is 2.77. The van der Waals surface area contributed by atoms with Gasteiger partial charge in [-0.05, 0) is 19.9 Å². The largest absolute Gasteiger partial charge is 0.294 e. The molecule has 1 aromatic carbocycles. The van der Waals surface area contributed by atoms with Crippen LogP contribution in [0, 0.1) is 24.0 Å². The molecule has 0 saturated heterocycles. The zero-order chi connectivity index (χ0) is 15.4. The van der Waals surface area contributed by atoms with Crippen molar-refractivity contribution in [3.63, 3.8) is 0 Å². The molecule has 0 aliphatic carbocycles. The van der Waals surface area contributed by atoms with E-state index in [1.54, 1.807) is 38.1 Å². The van der Waals surface area contributed by atoms with Crippen molar-refractivity contribution in [3.8, 4) is 0 Å². The molecule has 1 amide bonds. The molecule has 0 unspecified atom stereocenters. The van der Waals surface area contributed by atoms with Crippen LogP contribution in [0.3, 0.4) is 0 Å². The van der Waals surface area contributed by atoms with E-state index >= 15 is 0 Å². The molecule has 0 saturated carbocycles. The first-order chi connectivity index (χ1) is 9.95. The van der Waals surface area contributed by atoms with Gasteiger partial charge in [0.2, 0.25) is 11.9 Å². The molecular formula is C14H14N4O3. The summed E-state index contributed by atoms with van der Waals surface area (Å²) in [6.07, 6.45) is -0.104. The van der Waals surface area contributed by atoms with Gasteiger partial charge in [0.05, 0.1) is 11.3 Å². The highest BCUT2D eigenvalue weighted by Crippen LogP contribution is 2.18. The number of anilines is 1. The lowest BCUT2D eigenvalue weighted by Crippen LogP contribution is -2.17. The van der Waals surface area contributed by atoms with E-state index in [-0.39, 0.29) is 18.1 Å².